The quantitative estimate of drug-likeness (QED) is 0.556. The zero-order valence-electron chi connectivity index (χ0n) is 16.9. The third-order valence-electron chi connectivity index (χ3n) is 4.20. The molecule has 2 aromatic carbocycles. The number of hydrogen-bond acceptors (Lipinski definition) is 6. The van der Waals surface area contributed by atoms with E-state index in [2.05, 4.69) is 0 Å². The van der Waals surface area contributed by atoms with E-state index in [-0.39, 0.29) is 11.5 Å². The van der Waals surface area contributed by atoms with Gasteiger partial charge in [0, 0.05) is 11.9 Å². The molecule has 0 bridgehead atoms. The number of sulfone groups is 1. The van der Waals surface area contributed by atoms with Gasteiger partial charge in [-0.25, -0.2) is 8.42 Å². The van der Waals surface area contributed by atoms with Gasteiger partial charge in [-0.3, -0.25) is 9.59 Å². The molecule has 0 aromatic heterocycles. The van der Waals surface area contributed by atoms with Crippen molar-refractivity contribution >= 4 is 39.5 Å². The number of carbonyl (C=O) groups excluding carboxylic acids is 2. The van der Waals surface area contributed by atoms with E-state index in [1.165, 1.54) is 24.3 Å². The summed E-state index contributed by atoms with van der Waals surface area (Å²) < 4.78 is 37.4. The molecule has 0 amide bonds. The van der Waals surface area contributed by atoms with Crippen molar-refractivity contribution in [3.8, 4) is 0 Å². The van der Waals surface area contributed by atoms with E-state index in [0.29, 0.717) is 10.6 Å². The fourth-order valence-corrected chi connectivity index (χ4v) is 4.54. The Morgan fingerprint density at radius 1 is 1.07 bits per heavy atom. The minimum absolute atomic E-state index is 0.0560. The molecule has 6 nitrogen and oxygen atoms in total. The van der Waals surface area contributed by atoms with Crippen molar-refractivity contribution < 1.29 is 27.5 Å². The van der Waals surface area contributed by atoms with E-state index in [1.54, 1.807) is 43.3 Å². The minimum Gasteiger partial charge on any atom is -0.466 e. The molecule has 1 atom stereocenters. The first-order valence-corrected chi connectivity index (χ1v) is 11.1. The van der Waals surface area contributed by atoms with E-state index >= 15 is 0 Å². The Hall–Kier alpha value is -2.64. The van der Waals surface area contributed by atoms with Crippen molar-refractivity contribution in [3.05, 3.63) is 70.8 Å². The summed E-state index contributed by atoms with van der Waals surface area (Å²) in [6.45, 7) is 4.55. The van der Waals surface area contributed by atoms with Crippen molar-refractivity contribution in [3.63, 3.8) is 0 Å². The average molecular weight is 451 g/mol. The van der Waals surface area contributed by atoms with Crippen LogP contribution in [0.3, 0.4) is 0 Å². The minimum atomic E-state index is -4.32. The number of aryl methyl sites for hydroxylation is 1. The highest BCUT2D eigenvalue weighted by molar-refractivity contribution is 7.93. The molecule has 0 radical (unpaired) electrons. The SMILES string of the molecule is CCOC(=O)CC(/C=C\c1ccc(Cl)cc1)(OC(C)=O)S(=O)(=O)c1ccc(C)cc1. The zero-order chi connectivity index (χ0) is 22.4. The lowest BCUT2D eigenvalue weighted by atomic mass is 10.1. The molecule has 0 fully saturated rings. The standard InChI is InChI=1S/C22H23ClO6S/c1-4-28-21(25)15-22(29-17(3)24,14-13-18-7-9-19(23)10-8-18)30(26,27)20-11-5-16(2)6-12-20/h5-14H,4,15H2,1-3H3/b14-13-. The number of rotatable bonds is 8. The molecule has 0 N–H and O–H groups in total. The topological polar surface area (TPSA) is 86.7 Å². The van der Waals surface area contributed by atoms with Crippen LogP contribution in [0.2, 0.25) is 5.02 Å². The molecule has 2 rings (SSSR count). The Balaban J connectivity index is 2.65. The lowest BCUT2D eigenvalue weighted by molar-refractivity contribution is -0.153. The molecule has 8 heteroatoms. The summed E-state index contributed by atoms with van der Waals surface area (Å²) in [5.41, 5.74) is 1.47. The summed E-state index contributed by atoms with van der Waals surface area (Å²) in [6, 6.07) is 12.7. The molecule has 0 aliphatic heterocycles. The van der Waals surface area contributed by atoms with Crippen LogP contribution in [-0.4, -0.2) is 31.9 Å². The predicted molar refractivity (Wildman–Crippen MR) is 115 cm³/mol. The van der Waals surface area contributed by atoms with E-state index in [9.17, 15) is 18.0 Å². The molecule has 1 unspecified atom stereocenters. The van der Waals surface area contributed by atoms with Gasteiger partial charge in [-0.1, -0.05) is 47.5 Å². The first kappa shape index (κ1) is 23.6. The first-order chi connectivity index (χ1) is 14.1. The molecule has 0 aliphatic rings. The van der Waals surface area contributed by atoms with Crippen LogP contribution in [-0.2, 0) is 28.9 Å². The van der Waals surface area contributed by atoms with Gasteiger partial charge in [0.25, 0.3) is 0 Å². The number of benzene rings is 2. The van der Waals surface area contributed by atoms with Gasteiger partial charge < -0.3 is 9.47 Å². The highest BCUT2D eigenvalue weighted by atomic mass is 35.5. The molecule has 160 valence electrons. The molecule has 0 heterocycles. The third kappa shape index (κ3) is 5.70. The van der Waals surface area contributed by atoms with Crippen LogP contribution in [0.5, 0.6) is 0 Å². The summed E-state index contributed by atoms with van der Waals surface area (Å²) in [4.78, 5) is 21.8. The molecular weight excluding hydrogens is 428 g/mol. The smallest absolute Gasteiger partial charge is 0.311 e. The van der Waals surface area contributed by atoms with Crippen LogP contribution < -0.4 is 0 Å². The lowest BCUT2D eigenvalue weighted by Gasteiger charge is -2.29. The summed E-state index contributed by atoms with van der Waals surface area (Å²) in [5, 5.41) is 0.511. The summed E-state index contributed by atoms with van der Waals surface area (Å²) in [5.74, 6) is -1.66. The molecule has 0 saturated heterocycles. The van der Waals surface area contributed by atoms with Crippen LogP contribution >= 0.6 is 11.6 Å². The number of ether oxygens (including phenoxy) is 2. The van der Waals surface area contributed by atoms with Crippen molar-refractivity contribution in [1.29, 1.82) is 0 Å². The van der Waals surface area contributed by atoms with E-state index in [4.69, 9.17) is 21.1 Å². The maximum absolute atomic E-state index is 13.6. The van der Waals surface area contributed by atoms with Gasteiger partial charge in [0.2, 0.25) is 14.8 Å². The summed E-state index contributed by atoms with van der Waals surface area (Å²) in [6.07, 6.45) is 1.97. The second kappa shape index (κ2) is 9.91. The molecule has 30 heavy (non-hydrogen) atoms. The largest absolute Gasteiger partial charge is 0.466 e. The Morgan fingerprint density at radius 3 is 2.20 bits per heavy atom. The normalized spacial score (nSPS) is 13.6. The molecule has 0 saturated carbocycles. The van der Waals surface area contributed by atoms with E-state index in [1.807, 2.05) is 6.92 Å². The van der Waals surface area contributed by atoms with E-state index < -0.39 is 33.1 Å². The maximum atomic E-state index is 13.6. The number of hydrogen-bond donors (Lipinski definition) is 0. The number of esters is 2. The van der Waals surface area contributed by atoms with Crippen LogP contribution in [0, 0.1) is 6.92 Å². The predicted octanol–water partition coefficient (Wildman–Crippen LogP) is 4.35. The number of halogens is 1. The maximum Gasteiger partial charge on any atom is 0.311 e. The molecule has 0 spiro atoms. The summed E-state index contributed by atoms with van der Waals surface area (Å²) >= 11 is 5.89. The van der Waals surface area contributed by atoms with Gasteiger partial charge in [0.15, 0.2) is 0 Å². The zero-order valence-corrected chi connectivity index (χ0v) is 18.5. The van der Waals surface area contributed by atoms with Gasteiger partial charge in [-0.05, 0) is 49.8 Å². The Morgan fingerprint density at radius 2 is 1.67 bits per heavy atom. The first-order valence-electron chi connectivity index (χ1n) is 9.21. The van der Waals surface area contributed by atoms with Gasteiger partial charge in [-0.15, -0.1) is 0 Å². The summed E-state index contributed by atoms with van der Waals surface area (Å²) in [7, 11) is -4.32. The van der Waals surface area contributed by atoms with Gasteiger partial charge >= 0.3 is 11.9 Å². The molecule has 0 aliphatic carbocycles. The number of carbonyl (C=O) groups is 2. The second-order valence-corrected chi connectivity index (χ2v) is 9.19. The van der Waals surface area contributed by atoms with Crippen molar-refractivity contribution in [1.82, 2.24) is 0 Å². The van der Waals surface area contributed by atoms with Crippen LogP contribution in [0.15, 0.2) is 59.5 Å². The highest BCUT2D eigenvalue weighted by Crippen LogP contribution is 2.34. The molecule has 2 aromatic rings. The van der Waals surface area contributed by atoms with Crippen LogP contribution in [0.1, 0.15) is 31.4 Å². The van der Waals surface area contributed by atoms with Gasteiger partial charge in [0.05, 0.1) is 11.5 Å². The van der Waals surface area contributed by atoms with Crippen LogP contribution in [0.25, 0.3) is 6.08 Å². The average Bonchev–Trinajstić information content (AvgIpc) is 2.67. The fourth-order valence-electron chi connectivity index (χ4n) is 2.74. The fraction of sp³-hybridized carbons (Fsp3) is 0.273. The van der Waals surface area contributed by atoms with Gasteiger partial charge in [0.1, 0.15) is 6.42 Å². The Kier molecular flexibility index (Phi) is 7.81. The Labute approximate surface area is 181 Å². The highest BCUT2D eigenvalue weighted by Gasteiger charge is 2.48. The van der Waals surface area contributed by atoms with Crippen molar-refractivity contribution in [2.75, 3.05) is 6.61 Å². The second-order valence-electron chi connectivity index (χ2n) is 6.59. The Bertz CT molecular complexity index is 1030. The van der Waals surface area contributed by atoms with E-state index in [0.717, 1.165) is 12.5 Å². The third-order valence-corrected chi connectivity index (χ3v) is 6.62. The lowest BCUT2D eigenvalue weighted by Crippen LogP contribution is -2.43. The van der Waals surface area contributed by atoms with Crippen LogP contribution in [0.4, 0.5) is 0 Å². The van der Waals surface area contributed by atoms with Gasteiger partial charge in [-0.2, -0.15) is 0 Å². The van der Waals surface area contributed by atoms with Crippen molar-refractivity contribution in [2.45, 2.75) is 37.0 Å². The monoisotopic (exact) mass is 450 g/mol. The molecular formula is C22H23ClO6S. The van der Waals surface area contributed by atoms with Crippen molar-refractivity contribution in [2.24, 2.45) is 0 Å².